The summed E-state index contributed by atoms with van der Waals surface area (Å²) < 4.78 is 6.61. The average molecular weight is 202 g/mol. The van der Waals surface area contributed by atoms with E-state index in [1.54, 1.807) is 12.4 Å². The quantitative estimate of drug-likeness (QED) is 0.612. The highest BCUT2D eigenvalue weighted by Gasteiger charge is 2.11. The second-order valence-corrected chi connectivity index (χ2v) is 2.85. The normalized spacial score (nSPS) is 10.9. The first-order valence-electron chi connectivity index (χ1n) is 4.21. The molecule has 3 aromatic rings. The van der Waals surface area contributed by atoms with Gasteiger partial charge in [-0.1, -0.05) is 0 Å². The molecule has 0 aliphatic heterocycles. The van der Waals surface area contributed by atoms with E-state index >= 15 is 0 Å². The number of hydrogen-bond donors (Lipinski definition) is 1. The average Bonchev–Trinajstić information content (AvgIpc) is 2.86. The molecule has 0 bridgehead atoms. The van der Waals surface area contributed by atoms with Crippen molar-refractivity contribution in [3.63, 3.8) is 0 Å². The predicted octanol–water partition coefficient (Wildman–Crippen LogP) is 0.361. The van der Waals surface area contributed by atoms with Gasteiger partial charge in [-0.05, 0) is 0 Å². The standard InChI is InChI=1S/C8H6N6O/c9-5-7-12-6(8-11-2-4-15-8)13-14(7)3-1-10-5/h1-4H,(H2,9,10). The molecule has 2 N–H and O–H groups in total. The summed E-state index contributed by atoms with van der Waals surface area (Å²) in [6.07, 6.45) is 6.20. The van der Waals surface area contributed by atoms with E-state index in [1.165, 1.54) is 17.0 Å². The van der Waals surface area contributed by atoms with Crippen LogP contribution in [0.4, 0.5) is 5.82 Å². The lowest BCUT2D eigenvalue weighted by Crippen LogP contribution is -1.95. The van der Waals surface area contributed by atoms with Crippen molar-refractivity contribution in [1.29, 1.82) is 0 Å². The van der Waals surface area contributed by atoms with Crippen LogP contribution in [0.3, 0.4) is 0 Å². The van der Waals surface area contributed by atoms with Gasteiger partial charge in [0.15, 0.2) is 11.5 Å². The topological polar surface area (TPSA) is 95.1 Å². The first kappa shape index (κ1) is 7.92. The van der Waals surface area contributed by atoms with Gasteiger partial charge in [-0.2, -0.15) is 4.98 Å². The number of fused-ring (bicyclic) bond motifs is 1. The molecule has 0 amide bonds. The molecule has 0 aliphatic carbocycles. The fourth-order valence-electron chi connectivity index (χ4n) is 1.26. The van der Waals surface area contributed by atoms with Crippen molar-refractivity contribution in [3.8, 4) is 11.7 Å². The Labute approximate surface area is 83.6 Å². The maximum atomic E-state index is 5.64. The summed E-state index contributed by atoms with van der Waals surface area (Å²) in [5.41, 5.74) is 6.13. The van der Waals surface area contributed by atoms with E-state index in [0.29, 0.717) is 23.2 Å². The van der Waals surface area contributed by atoms with Crippen LogP contribution in [0.25, 0.3) is 17.4 Å². The minimum Gasteiger partial charge on any atom is -0.442 e. The minimum atomic E-state index is 0.322. The zero-order valence-electron chi connectivity index (χ0n) is 7.53. The molecular formula is C8H6N6O. The van der Waals surface area contributed by atoms with Gasteiger partial charge in [0, 0.05) is 12.4 Å². The molecule has 0 aromatic carbocycles. The Morgan fingerprint density at radius 1 is 1.27 bits per heavy atom. The van der Waals surface area contributed by atoms with E-state index < -0.39 is 0 Å². The van der Waals surface area contributed by atoms with E-state index in [9.17, 15) is 0 Å². The smallest absolute Gasteiger partial charge is 0.266 e. The van der Waals surface area contributed by atoms with Gasteiger partial charge < -0.3 is 10.2 Å². The second-order valence-electron chi connectivity index (χ2n) is 2.85. The van der Waals surface area contributed by atoms with Crippen LogP contribution in [0.1, 0.15) is 0 Å². The first-order valence-corrected chi connectivity index (χ1v) is 4.21. The van der Waals surface area contributed by atoms with Gasteiger partial charge in [0.25, 0.3) is 5.89 Å². The molecule has 0 spiro atoms. The largest absolute Gasteiger partial charge is 0.442 e. The molecule has 0 fully saturated rings. The molecular weight excluding hydrogens is 196 g/mol. The number of nitrogens with zero attached hydrogens (tertiary/aromatic N) is 5. The van der Waals surface area contributed by atoms with Crippen molar-refractivity contribution in [2.24, 2.45) is 0 Å². The fraction of sp³-hybridized carbons (Fsp3) is 0. The third-order valence-electron chi connectivity index (χ3n) is 1.91. The molecule has 0 saturated carbocycles. The molecule has 3 aromatic heterocycles. The van der Waals surface area contributed by atoms with Gasteiger partial charge in [-0.25, -0.2) is 14.5 Å². The van der Waals surface area contributed by atoms with Crippen molar-refractivity contribution in [1.82, 2.24) is 24.6 Å². The summed E-state index contributed by atoms with van der Waals surface area (Å²) in [6.45, 7) is 0. The van der Waals surface area contributed by atoms with Crippen LogP contribution < -0.4 is 5.73 Å². The van der Waals surface area contributed by atoms with Gasteiger partial charge in [0.2, 0.25) is 5.82 Å². The number of aromatic nitrogens is 5. The molecule has 0 aliphatic rings. The SMILES string of the molecule is Nc1nccn2nc(-c3ncco3)nc12. The number of hydrogen-bond acceptors (Lipinski definition) is 6. The maximum absolute atomic E-state index is 5.64. The van der Waals surface area contributed by atoms with Gasteiger partial charge in [-0.15, -0.1) is 5.10 Å². The molecule has 0 unspecified atom stereocenters. The molecule has 7 nitrogen and oxygen atoms in total. The fourth-order valence-corrected chi connectivity index (χ4v) is 1.26. The molecule has 0 saturated heterocycles. The summed E-state index contributed by atoms with van der Waals surface area (Å²) in [7, 11) is 0. The van der Waals surface area contributed by atoms with Crippen LogP contribution in [0.2, 0.25) is 0 Å². The third kappa shape index (κ3) is 1.13. The van der Waals surface area contributed by atoms with Gasteiger partial charge in [0.1, 0.15) is 6.26 Å². The lowest BCUT2D eigenvalue weighted by Gasteiger charge is -1.91. The Morgan fingerprint density at radius 3 is 2.93 bits per heavy atom. The Kier molecular flexibility index (Phi) is 1.46. The van der Waals surface area contributed by atoms with Crippen molar-refractivity contribution in [3.05, 3.63) is 24.9 Å². The van der Waals surface area contributed by atoms with Crippen LogP contribution in [0.5, 0.6) is 0 Å². The van der Waals surface area contributed by atoms with Crippen LogP contribution >= 0.6 is 0 Å². The first-order chi connectivity index (χ1) is 7.34. The van der Waals surface area contributed by atoms with E-state index in [2.05, 4.69) is 20.1 Å². The highest BCUT2D eigenvalue weighted by atomic mass is 16.3. The molecule has 0 atom stereocenters. The summed E-state index contributed by atoms with van der Waals surface area (Å²) in [4.78, 5) is 12.0. The minimum absolute atomic E-state index is 0.322. The van der Waals surface area contributed by atoms with E-state index in [-0.39, 0.29) is 0 Å². The Hall–Kier alpha value is -2.44. The third-order valence-corrected chi connectivity index (χ3v) is 1.91. The van der Waals surface area contributed by atoms with Crippen LogP contribution in [0, 0.1) is 0 Å². The zero-order valence-corrected chi connectivity index (χ0v) is 7.53. The number of nitrogens with two attached hydrogens (primary N) is 1. The zero-order chi connectivity index (χ0) is 10.3. The Balaban J connectivity index is 2.27. The molecule has 3 heterocycles. The predicted molar refractivity (Wildman–Crippen MR) is 50.7 cm³/mol. The van der Waals surface area contributed by atoms with Gasteiger partial charge >= 0.3 is 0 Å². The Morgan fingerprint density at radius 2 is 2.20 bits per heavy atom. The number of anilines is 1. The monoisotopic (exact) mass is 202 g/mol. The summed E-state index contributed by atoms with van der Waals surface area (Å²) in [5.74, 6) is 1.07. The highest BCUT2D eigenvalue weighted by molar-refractivity contribution is 5.61. The van der Waals surface area contributed by atoms with E-state index in [0.717, 1.165) is 0 Å². The summed E-state index contributed by atoms with van der Waals surface area (Å²) in [6, 6.07) is 0. The summed E-state index contributed by atoms with van der Waals surface area (Å²) >= 11 is 0. The maximum Gasteiger partial charge on any atom is 0.266 e. The molecule has 3 rings (SSSR count). The van der Waals surface area contributed by atoms with Crippen LogP contribution in [-0.4, -0.2) is 24.6 Å². The van der Waals surface area contributed by atoms with Crippen LogP contribution in [-0.2, 0) is 0 Å². The molecule has 7 heteroatoms. The number of rotatable bonds is 1. The number of nitrogen functional groups attached to an aromatic ring is 1. The van der Waals surface area contributed by atoms with Crippen molar-refractivity contribution >= 4 is 11.5 Å². The van der Waals surface area contributed by atoms with Gasteiger partial charge in [-0.3, -0.25) is 0 Å². The van der Waals surface area contributed by atoms with Crippen molar-refractivity contribution in [2.75, 3.05) is 5.73 Å². The van der Waals surface area contributed by atoms with Crippen LogP contribution in [0.15, 0.2) is 29.3 Å². The van der Waals surface area contributed by atoms with E-state index in [4.69, 9.17) is 10.2 Å². The molecule has 15 heavy (non-hydrogen) atoms. The van der Waals surface area contributed by atoms with Crippen molar-refractivity contribution < 1.29 is 4.42 Å². The lowest BCUT2D eigenvalue weighted by atomic mass is 10.6. The summed E-state index contributed by atoms with van der Waals surface area (Å²) in [5, 5.41) is 4.15. The Bertz CT molecular complexity index is 599. The lowest BCUT2D eigenvalue weighted by molar-refractivity contribution is 0.569. The van der Waals surface area contributed by atoms with Crippen molar-refractivity contribution in [2.45, 2.75) is 0 Å². The highest BCUT2D eigenvalue weighted by Crippen LogP contribution is 2.15. The number of oxazole rings is 1. The molecule has 0 radical (unpaired) electrons. The molecule has 74 valence electrons. The van der Waals surface area contributed by atoms with E-state index in [1.807, 2.05) is 0 Å². The van der Waals surface area contributed by atoms with Gasteiger partial charge in [0.05, 0.1) is 6.20 Å². The second kappa shape index (κ2) is 2.77.